The van der Waals surface area contributed by atoms with Crippen LogP contribution in [0, 0.1) is 3.57 Å². The molecule has 2 aromatic rings. The van der Waals surface area contributed by atoms with Crippen LogP contribution in [-0.2, 0) is 6.42 Å². The molecule has 0 heterocycles. The van der Waals surface area contributed by atoms with E-state index < -0.39 is 5.97 Å². The van der Waals surface area contributed by atoms with Gasteiger partial charge in [-0.05, 0) is 46.4 Å². The molecule has 0 spiro atoms. The first kappa shape index (κ1) is 13.9. The number of ether oxygens (including phenoxy) is 1. The highest BCUT2D eigenvalue weighted by Gasteiger charge is 2.07. The van der Waals surface area contributed by atoms with Crippen molar-refractivity contribution in [2.24, 2.45) is 0 Å². The first-order chi connectivity index (χ1) is 9.16. The van der Waals surface area contributed by atoms with Gasteiger partial charge in [0.15, 0.2) is 0 Å². The van der Waals surface area contributed by atoms with Gasteiger partial charge in [0.1, 0.15) is 5.75 Å². The molecular formula is C15H13IO3. The van der Waals surface area contributed by atoms with E-state index in [0.717, 1.165) is 9.99 Å². The van der Waals surface area contributed by atoms with E-state index in [1.165, 1.54) is 5.56 Å². The van der Waals surface area contributed by atoms with Crippen LogP contribution in [-0.4, -0.2) is 17.7 Å². The van der Waals surface area contributed by atoms with Crippen molar-refractivity contribution in [1.82, 2.24) is 0 Å². The highest BCUT2D eigenvalue weighted by molar-refractivity contribution is 14.1. The molecular weight excluding hydrogens is 355 g/mol. The monoisotopic (exact) mass is 368 g/mol. The van der Waals surface area contributed by atoms with Crippen molar-refractivity contribution in [3.63, 3.8) is 0 Å². The number of hydrogen-bond acceptors (Lipinski definition) is 2. The molecule has 0 aromatic heterocycles. The summed E-state index contributed by atoms with van der Waals surface area (Å²) in [6, 6.07) is 14.9. The van der Waals surface area contributed by atoms with Crippen LogP contribution in [0.3, 0.4) is 0 Å². The van der Waals surface area contributed by atoms with Gasteiger partial charge in [-0.3, -0.25) is 0 Å². The predicted octanol–water partition coefficient (Wildman–Crippen LogP) is 3.61. The van der Waals surface area contributed by atoms with Crippen molar-refractivity contribution < 1.29 is 14.6 Å². The fraction of sp³-hybridized carbons (Fsp3) is 0.133. The van der Waals surface area contributed by atoms with E-state index in [1.54, 1.807) is 18.2 Å². The van der Waals surface area contributed by atoms with E-state index >= 15 is 0 Å². The summed E-state index contributed by atoms with van der Waals surface area (Å²) in [6.45, 7) is 0.531. The van der Waals surface area contributed by atoms with E-state index in [-0.39, 0.29) is 5.56 Å². The summed E-state index contributed by atoms with van der Waals surface area (Å²) in [5, 5.41) is 8.95. The maximum absolute atomic E-state index is 10.9. The molecule has 4 heteroatoms. The normalized spacial score (nSPS) is 10.2. The molecule has 0 aliphatic heterocycles. The molecule has 2 aromatic carbocycles. The molecule has 0 amide bonds. The van der Waals surface area contributed by atoms with Crippen LogP contribution < -0.4 is 4.74 Å². The van der Waals surface area contributed by atoms with Crippen molar-refractivity contribution in [3.8, 4) is 5.75 Å². The molecule has 0 fully saturated rings. The van der Waals surface area contributed by atoms with Gasteiger partial charge in [0, 0.05) is 6.42 Å². The van der Waals surface area contributed by atoms with Crippen molar-refractivity contribution in [3.05, 3.63) is 63.2 Å². The van der Waals surface area contributed by atoms with E-state index in [2.05, 4.69) is 22.6 Å². The lowest BCUT2D eigenvalue weighted by Crippen LogP contribution is -2.04. The van der Waals surface area contributed by atoms with Gasteiger partial charge < -0.3 is 9.84 Å². The molecule has 0 saturated carbocycles. The minimum absolute atomic E-state index is 0.245. The maximum atomic E-state index is 10.9. The van der Waals surface area contributed by atoms with E-state index in [4.69, 9.17) is 9.84 Å². The molecule has 0 aliphatic rings. The minimum atomic E-state index is -0.940. The van der Waals surface area contributed by atoms with Crippen molar-refractivity contribution in [2.45, 2.75) is 6.42 Å². The van der Waals surface area contributed by atoms with Crippen LogP contribution >= 0.6 is 22.6 Å². The SMILES string of the molecule is O=C(O)c1ccc(I)c(OCCc2ccccc2)c1. The Bertz CT molecular complexity index is 567. The average molecular weight is 368 g/mol. The number of halogens is 1. The summed E-state index contributed by atoms with van der Waals surface area (Å²) in [7, 11) is 0. The minimum Gasteiger partial charge on any atom is -0.492 e. The summed E-state index contributed by atoms with van der Waals surface area (Å²) < 4.78 is 6.57. The number of aromatic carboxylic acids is 1. The molecule has 3 nitrogen and oxygen atoms in total. The summed E-state index contributed by atoms with van der Waals surface area (Å²) >= 11 is 2.14. The zero-order chi connectivity index (χ0) is 13.7. The van der Waals surface area contributed by atoms with Gasteiger partial charge in [0.25, 0.3) is 0 Å². The number of carboxylic acid groups (broad SMARTS) is 1. The Balaban J connectivity index is 1.99. The lowest BCUT2D eigenvalue weighted by molar-refractivity contribution is 0.0696. The van der Waals surface area contributed by atoms with Crippen molar-refractivity contribution in [2.75, 3.05) is 6.61 Å². The second-order valence-electron chi connectivity index (χ2n) is 4.03. The number of benzene rings is 2. The third kappa shape index (κ3) is 3.96. The van der Waals surface area contributed by atoms with Crippen LogP contribution in [0.15, 0.2) is 48.5 Å². The zero-order valence-electron chi connectivity index (χ0n) is 10.2. The molecule has 19 heavy (non-hydrogen) atoms. The first-order valence-corrected chi connectivity index (χ1v) is 6.94. The molecule has 0 atom stereocenters. The number of hydrogen-bond donors (Lipinski definition) is 1. The molecule has 2 rings (SSSR count). The second kappa shape index (κ2) is 6.56. The Kier molecular flexibility index (Phi) is 4.79. The third-order valence-electron chi connectivity index (χ3n) is 2.67. The molecule has 0 radical (unpaired) electrons. The van der Waals surface area contributed by atoms with Gasteiger partial charge >= 0.3 is 5.97 Å². The Morgan fingerprint density at radius 2 is 1.89 bits per heavy atom. The second-order valence-corrected chi connectivity index (χ2v) is 5.20. The highest BCUT2D eigenvalue weighted by Crippen LogP contribution is 2.22. The zero-order valence-corrected chi connectivity index (χ0v) is 12.3. The number of rotatable bonds is 5. The van der Waals surface area contributed by atoms with Gasteiger partial charge in [0.2, 0.25) is 0 Å². The number of carboxylic acids is 1. The van der Waals surface area contributed by atoms with Gasteiger partial charge in [-0.25, -0.2) is 4.79 Å². The van der Waals surface area contributed by atoms with E-state index in [1.807, 2.05) is 30.3 Å². The quantitative estimate of drug-likeness (QED) is 0.821. The summed E-state index contributed by atoms with van der Waals surface area (Å²) in [6.07, 6.45) is 0.800. The van der Waals surface area contributed by atoms with Crippen molar-refractivity contribution >= 4 is 28.6 Å². The summed E-state index contributed by atoms with van der Waals surface area (Å²) in [4.78, 5) is 10.9. The Morgan fingerprint density at radius 1 is 1.16 bits per heavy atom. The molecule has 0 unspecified atom stereocenters. The van der Waals surface area contributed by atoms with Crippen LogP contribution in [0.1, 0.15) is 15.9 Å². The van der Waals surface area contributed by atoms with E-state index in [0.29, 0.717) is 12.4 Å². The van der Waals surface area contributed by atoms with Crippen LogP contribution in [0.2, 0.25) is 0 Å². The smallest absolute Gasteiger partial charge is 0.335 e. The fourth-order valence-corrected chi connectivity index (χ4v) is 2.16. The van der Waals surface area contributed by atoms with Gasteiger partial charge in [-0.1, -0.05) is 30.3 Å². The number of carbonyl (C=O) groups is 1. The maximum Gasteiger partial charge on any atom is 0.335 e. The topological polar surface area (TPSA) is 46.5 Å². The summed E-state index contributed by atoms with van der Waals surface area (Å²) in [5.41, 5.74) is 1.45. The average Bonchev–Trinajstić information content (AvgIpc) is 2.42. The van der Waals surface area contributed by atoms with Gasteiger partial charge in [-0.2, -0.15) is 0 Å². The predicted molar refractivity (Wildman–Crippen MR) is 81.8 cm³/mol. The lowest BCUT2D eigenvalue weighted by Gasteiger charge is -2.09. The third-order valence-corrected chi connectivity index (χ3v) is 3.56. The van der Waals surface area contributed by atoms with Gasteiger partial charge in [0.05, 0.1) is 15.7 Å². The Hall–Kier alpha value is -1.56. The summed E-state index contributed by atoms with van der Waals surface area (Å²) in [5.74, 6) is -0.319. The Morgan fingerprint density at radius 3 is 2.58 bits per heavy atom. The standard InChI is InChI=1S/C15H13IO3/c16-13-7-6-12(15(17)18)10-14(13)19-9-8-11-4-2-1-3-5-11/h1-7,10H,8-9H2,(H,17,18). The van der Waals surface area contributed by atoms with Crippen LogP contribution in [0.5, 0.6) is 5.75 Å². The van der Waals surface area contributed by atoms with Crippen LogP contribution in [0.25, 0.3) is 0 Å². The highest BCUT2D eigenvalue weighted by atomic mass is 127. The van der Waals surface area contributed by atoms with E-state index in [9.17, 15) is 4.79 Å². The lowest BCUT2D eigenvalue weighted by atomic mass is 10.2. The molecule has 0 bridgehead atoms. The van der Waals surface area contributed by atoms with Gasteiger partial charge in [-0.15, -0.1) is 0 Å². The first-order valence-electron chi connectivity index (χ1n) is 5.86. The Labute approximate surface area is 125 Å². The van der Waals surface area contributed by atoms with Crippen LogP contribution in [0.4, 0.5) is 0 Å². The molecule has 0 saturated heterocycles. The molecule has 0 aliphatic carbocycles. The molecule has 98 valence electrons. The van der Waals surface area contributed by atoms with Crippen molar-refractivity contribution in [1.29, 1.82) is 0 Å². The largest absolute Gasteiger partial charge is 0.492 e. The fourth-order valence-electron chi connectivity index (χ4n) is 1.67. The molecule has 1 N–H and O–H groups in total.